The van der Waals surface area contributed by atoms with E-state index in [1.807, 2.05) is 4.57 Å². The predicted molar refractivity (Wildman–Crippen MR) is 65.3 cm³/mol. The van der Waals surface area contributed by atoms with Crippen molar-refractivity contribution < 1.29 is 14.6 Å². The van der Waals surface area contributed by atoms with Gasteiger partial charge in [-0.25, -0.2) is 19.7 Å². The van der Waals surface area contributed by atoms with E-state index in [1.54, 1.807) is 6.33 Å². The van der Waals surface area contributed by atoms with Crippen LogP contribution >= 0.6 is 0 Å². The van der Waals surface area contributed by atoms with Crippen LogP contribution in [0.25, 0.3) is 11.2 Å². The lowest BCUT2D eigenvalue weighted by Crippen LogP contribution is -2.22. The summed E-state index contributed by atoms with van der Waals surface area (Å²) in [6.45, 7) is 0.511. The van der Waals surface area contributed by atoms with Gasteiger partial charge in [0.05, 0.1) is 19.0 Å². The second-order valence-corrected chi connectivity index (χ2v) is 4.49. The molecule has 2 atom stereocenters. The highest BCUT2D eigenvalue weighted by Crippen LogP contribution is 2.23. The Bertz CT molecular complexity index is 626. The Morgan fingerprint density at radius 2 is 2.32 bits per heavy atom. The summed E-state index contributed by atoms with van der Waals surface area (Å²) in [5, 5.41) is 8.88. The zero-order valence-electron chi connectivity index (χ0n) is 10.1. The number of carbonyl (C=O) groups is 1. The summed E-state index contributed by atoms with van der Waals surface area (Å²) in [6.07, 6.45) is 3.38. The number of carboxylic acid groups (broad SMARTS) is 1. The summed E-state index contributed by atoms with van der Waals surface area (Å²) >= 11 is 0. The summed E-state index contributed by atoms with van der Waals surface area (Å²) in [7, 11) is 0. The number of anilines is 1. The molecule has 0 aliphatic carbocycles. The number of hydrogen-bond acceptors (Lipinski definition) is 6. The summed E-state index contributed by atoms with van der Waals surface area (Å²) in [5.41, 5.74) is 6.89. The number of carboxylic acids is 1. The molecule has 0 radical (unpaired) electrons. The van der Waals surface area contributed by atoms with Crippen molar-refractivity contribution in [1.82, 2.24) is 19.5 Å². The Morgan fingerprint density at radius 3 is 3.05 bits per heavy atom. The third kappa shape index (κ3) is 2.10. The van der Waals surface area contributed by atoms with Crippen molar-refractivity contribution in [2.75, 3.05) is 5.73 Å². The van der Waals surface area contributed by atoms with Crippen LogP contribution in [0.1, 0.15) is 12.8 Å². The Kier molecular flexibility index (Phi) is 2.79. The van der Waals surface area contributed by atoms with Crippen molar-refractivity contribution in [1.29, 1.82) is 0 Å². The van der Waals surface area contributed by atoms with Crippen LogP contribution < -0.4 is 5.73 Å². The maximum absolute atomic E-state index is 10.8. The van der Waals surface area contributed by atoms with Crippen molar-refractivity contribution in [3.8, 4) is 0 Å². The molecular formula is C11H13N5O3. The van der Waals surface area contributed by atoms with Crippen molar-refractivity contribution in [3.05, 3.63) is 12.7 Å². The largest absolute Gasteiger partial charge is 0.479 e. The molecule has 100 valence electrons. The molecule has 0 saturated carbocycles. The maximum Gasteiger partial charge on any atom is 0.332 e. The van der Waals surface area contributed by atoms with Gasteiger partial charge in [-0.1, -0.05) is 0 Å². The molecular weight excluding hydrogens is 250 g/mol. The first-order chi connectivity index (χ1) is 9.15. The number of nitrogen functional groups attached to an aromatic ring is 1. The van der Waals surface area contributed by atoms with E-state index in [-0.39, 0.29) is 6.10 Å². The van der Waals surface area contributed by atoms with Gasteiger partial charge in [0.15, 0.2) is 17.6 Å². The van der Waals surface area contributed by atoms with Crippen LogP contribution in [-0.4, -0.2) is 42.8 Å². The maximum atomic E-state index is 10.8. The van der Waals surface area contributed by atoms with Crippen LogP contribution in [0.15, 0.2) is 12.7 Å². The van der Waals surface area contributed by atoms with Gasteiger partial charge < -0.3 is 20.1 Å². The van der Waals surface area contributed by atoms with Gasteiger partial charge >= 0.3 is 5.97 Å². The molecule has 8 heteroatoms. The monoisotopic (exact) mass is 263 g/mol. The Labute approximate surface area is 108 Å². The Morgan fingerprint density at radius 1 is 1.47 bits per heavy atom. The molecule has 19 heavy (non-hydrogen) atoms. The van der Waals surface area contributed by atoms with Crippen LogP contribution in [0.5, 0.6) is 0 Å². The number of aliphatic carboxylic acids is 1. The highest BCUT2D eigenvalue weighted by atomic mass is 16.5. The smallest absolute Gasteiger partial charge is 0.332 e. The average molecular weight is 263 g/mol. The molecule has 1 fully saturated rings. The molecule has 1 saturated heterocycles. The van der Waals surface area contributed by atoms with Gasteiger partial charge in [0.25, 0.3) is 0 Å². The predicted octanol–water partition coefficient (Wildman–Crippen LogP) is 0.0407. The average Bonchev–Trinajstić information content (AvgIpc) is 2.98. The van der Waals surface area contributed by atoms with Crippen molar-refractivity contribution in [2.24, 2.45) is 0 Å². The van der Waals surface area contributed by atoms with Gasteiger partial charge in [0, 0.05) is 0 Å². The first-order valence-electron chi connectivity index (χ1n) is 5.94. The van der Waals surface area contributed by atoms with Gasteiger partial charge in [-0.2, -0.15) is 0 Å². The molecule has 0 aromatic carbocycles. The molecule has 0 bridgehead atoms. The van der Waals surface area contributed by atoms with Crippen LogP contribution in [0.2, 0.25) is 0 Å². The number of hydrogen-bond donors (Lipinski definition) is 2. The molecule has 3 rings (SSSR count). The van der Waals surface area contributed by atoms with Crippen molar-refractivity contribution in [3.63, 3.8) is 0 Å². The van der Waals surface area contributed by atoms with E-state index < -0.39 is 12.1 Å². The lowest BCUT2D eigenvalue weighted by atomic mass is 10.2. The molecule has 2 aromatic rings. The van der Waals surface area contributed by atoms with Gasteiger partial charge in [0.2, 0.25) is 0 Å². The zero-order valence-corrected chi connectivity index (χ0v) is 10.1. The van der Waals surface area contributed by atoms with Gasteiger partial charge in [-0.3, -0.25) is 0 Å². The Hall–Kier alpha value is -2.22. The van der Waals surface area contributed by atoms with Gasteiger partial charge in [0.1, 0.15) is 11.8 Å². The van der Waals surface area contributed by atoms with E-state index in [2.05, 4.69) is 15.0 Å². The fraction of sp³-hybridized carbons (Fsp3) is 0.455. The molecule has 0 spiro atoms. The second-order valence-electron chi connectivity index (χ2n) is 4.49. The number of imidazole rings is 1. The van der Waals surface area contributed by atoms with Gasteiger partial charge in [-0.05, 0) is 12.8 Å². The summed E-state index contributed by atoms with van der Waals surface area (Å²) < 4.78 is 7.26. The third-order valence-electron chi connectivity index (χ3n) is 3.21. The molecule has 8 nitrogen and oxygen atoms in total. The standard InChI is InChI=1S/C11H13N5O3/c12-9-8-10(14-4-13-9)16(5-15-8)3-6-1-2-7(19-6)11(17)18/h4-7H,1-3H2,(H,17,18)(H2,12,13,14). The molecule has 0 amide bonds. The summed E-state index contributed by atoms with van der Waals surface area (Å²) in [6, 6.07) is 0. The molecule has 2 unspecified atom stereocenters. The zero-order chi connectivity index (χ0) is 13.4. The van der Waals surface area contributed by atoms with E-state index in [4.69, 9.17) is 15.6 Å². The number of fused-ring (bicyclic) bond motifs is 1. The number of ether oxygens (including phenoxy) is 1. The van der Waals surface area contributed by atoms with Crippen molar-refractivity contribution >= 4 is 23.0 Å². The SMILES string of the molecule is Nc1ncnc2c1ncn2CC1CCC(C(=O)O)O1. The minimum atomic E-state index is -0.912. The van der Waals surface area contributed by atoms with E-state index >= 15 is 0 Å². The molecule has 3 N–H and O–H groups in total. The van der Waals surface area contributed by atoms with E-state index in [1.165, 1.54) is 6.33 Å². The summed E-state index contributed by atoms with van der Waals surface area (Å²) in [4.78, 5) is 23.0. The number of aromatic nitrogens is 4. The normalized spacial score (nSPS) is 22.9. The van der Waals surface area contributed by atoms with Crippen molar-refractivity contribution in [2.45, 2.75) is 31.6 Å². The van der Waals surface area contributed by atoms with Crippen LogP contribution in [0.4, 0.5) is 5.82 Å². The fourth-order valence-corrected chi connectivity index (χ4v) is 2.27. The van der Waals surface area contributed by atoms with Crippen LogP contribution in [0.3, 0.4) is 0 Å². The lowest BCUT2D eigenvalue weighted by molar-refractivity contribution is -0.149. The molecule has 3 heterocycles. The third-order valence-corrected chi connectivity index (χ3v) is 3.21. The number of nitrogens with two attached hydrogens (primary N) is 1. The lowest BCUT2D eigenvalue weighted by Gasteiger charge is -2.12. The fourth-order valence-electron chi connectivity index (χ4n) is 2.27. The van der Waals surface area contributed by atoms with Crippen LogP contribution in [0, 0.1) is 0 Å². The van der Waals surface area contributed by atoms with E-state index in [0.717, 1.165) is 0 Å². The minimum absolute atomic E-state index is 0.144. The first kappa shape index (κ1) is 11.8. The van der Waals surface area contributed by atoms with E-state index in [9.17, 15) is 4.79 Å². The number of rotatable bonds is 3. The number of nitrogens with zero attached hydrogens (tertiary/aromatic N) is 4. The molecule has 1 aliphatic rings. The molecule has 2 aromatic heterocycles. The van der Waals surface area contributed by atoms with Gasteiger partial charge in [-0.15, -0.1) is 0 Å². The quantitative estimate of drug-likeness (QED) is 0.803. The summed E-state index contributed by atoms with van der Waals surface area (Å²) in [5.74, 6) is -0.580. The topological polar surface area (TPSA) is 116 Å². The van der Waals surface area contributed by atoms with E-state index in [0.29, 0.717) is 36.4 Å². The second kappa shape index (κ2) is 4.47. The highest BCUT2D eigenvalue weighted by Gasteiger charge is 2.30. The van der Waals surface area contributed by atoms with Crippen LogP contribution in [-0.2, 0) is 16.1 Å². The highest BCUT2D eigenvalue weighted by molar-refractivity contribution is 5.81. The Balaban J connectivity index is 1.79. The minimum Gasteiger partial charge on any atom is -0.479 e. The first-order valence-corrected chi connectivity index (χ1v) is 5.94. The molecule has 1 aliphatic heterocycles.